The lowest BCUT2D eigenvalue weighted by Crippen LogP contribution is -2.62. The summed E-state index contributed by atoms with van der Waals surface area (Å²) in [4.78, 5) is 14.8. The van der Waals surface area contributed by atoms with E-state index in [0.717, 1.165) is 42.4 Å². The lowest BCUT2D eigenvalue weighted by atomic mass is 9.42. The Balaban J connectivity index is 0.00000272. The van der Waals surface area contributed by atoms with Crippen molar-refractivity contribution in [2.45, 2.75) is 84.5 Å². The third-order valence-electron chi connectivity index (χ3n) is 8.92. The third-order valence-corrected chi connectivity index (χ3v) is 8.92. The van der Waals surface area contributed by atoms with Crippen molar-refractivity contribution in [3.05, 3.63) is 38.1 Å². The summed E-state index contributed by atoms with van der Waals surface area (Å²) in [5.74, 6) is -2.13. The van der Waals surface area contributed by atoms with Gasteiger partial charge in [0.15, 0.2) is 5.60 Å². The number of fused-ring (bicyclic) bond motifs is 4. The van der Waals surface area contributed by atoms with Crippen molar-refractivity contribution in [3.8, 4) is 5.75 Å². The predicted octanol–water partition coefficient (Wildman–Crippen LogP) is 7.41. The van der Waals surface area contributed by atoms with Gasteiger partial charge in [-0.05, 0) is 70.5 Å². The highest BCUT2D eigenvalue weighted by Crippen LogP contribution is 2.80. The van der Waals surface area contributed by atoms with Gasteiger partial charge in [-0.2, -0.15) is 0 Å². The molecule has 2 saturated carbocycles. The summed E-state index contributed by atoms with van der Waals surface area (Å²) < 4.78 is 22.3. The van der Waals surface area contributed by atoms with E-state index in [1.165, 1.54) is 0 Å². The summed E-state index contributed by atoms with van der Waals surface area (Å²) in [6.45, 7) is 12.3. The van der Waals surface area contributed by atoms with Crippen LogP contribution in [0.1, 0.15) is 76.5 Å². The first kappa shape index (κ1) is 23.5. The average Bonchev–Trinajstić information content (AvgIpc) is 3.17. The van der Waals surface area contributed by atoms with Gasteiger partial charge in [-0.3, -0.25) is 4.70 Å². The Hall–Kier alpha value is -2.21. The molecule has 6 nitrogen and oxygen atoms in total. The number of ether oxygens (including phenoxy) is 1. The topological polar surface area (TPSA) is 87.4 Å². The van der Waals surface area contributed by atoms with Crippen molar-refractivity contribution < 1.29 is 13.8 Å². The number of halogens is 2. The maximum absolute atomic E-state index is 15.8. The van der Waals surface area contributed by atoms with Crippen molar-refractivity contribution in [2.75, 3.05) is 0 Å². The number of rotatable bonds is 6. The molecule has 170 valence electrons. The van der Waals surface area contributed by atoms with E-state index >= 15 is 4.39 Å². The number of unbranched alkanes of at least 4 members (excludes halogenated alkanes) is 1. The lowest BCUT2D eigenvalue weighted by Gasteiger charge is -2.64. The van der Waals surface area contributed by atoms with Crippen LogP contribution in [0.5, 0.6) is 5.75 Å². The molecule has 31 heavy (non-hydrogen) atoms. The van der Waals surface area contributed by atoms with Crippen molar-refractivity contribution in [3.63, 3.8) is 0 Å². The Kier molecular flexibility index (Phi) is 5.63. The van der Waals surface area contributed by atoms with Crippen molar-refractivity contribution >= 4 is 5.69 Å². The zero-order valence-corrected chi connectivity index (χ0v) is 19.1. The van der Waals surface area contributed by atoms with Gasteiger partial charge < -0.3 is 4.74 Å². The monoisotopic (exact) mass is 434 g/mol. The molecule has 0 aromatic heterocycles. The first-order valence-electron chi connectivity index (χ1n) is 11.1. The van der Waals surface area contributed by atoms with Crippen LogP contribution in [0.3, 0.4) is 0 Å². The minimum absolute atomic E-state index is 0. The highest BCUT2D eigenvalue weighted by Gasteiger charge is 2.88. The summed E-state index contributed by atoms with van der Waals surface area (Å²) in [5.41, 5.74) is 10.9. The van der Waals surface area contributed by atoms with Gasteiger partial charge in [0.1, 0.15) is 11.4 Å². The fourth-order valence-corrected chi connectivity index (χ4v) is 6.64. The summed E-state index contributed by atoms with van der Waals surface area (Å²) in [5, 5.41) is 7.01. The largest absolute Gasteiger partial charge is 0.483 e. The minimum Gasteiger partial charge on any atom is -0.483 e. The highest BCUT2D eigenvalue weighted by atomic mass is 19.1. The van der Waals surface area contributed by atoms with Crippen LogP contribution in [-0.2, 0) is 6.42 Å². The van der Waals surface area contributed by atoms with Gasteiger partial charge in [-0.15, -0.1) is 4.91 Å². The molecule has 1 aromatic rings. The molecule has 7 atom stereocenters. The zero-order chi connectivity index (χ0) is 22.1. The van der Waals surface area contributed by atoms with Gasteiger partial charge in [0.2, 0.25) is 5.79 Å². The van der Waals surface area contributed by atoms with Crippen LogP contribution in [0.15, 0.2) is 16.4 Å². The van der Waals surface area contributed by atoms with Gasteiger partial charge in [-0.25, -0.2) is 4.39 Å². The first-order valence-corrected chi connectivity index (χ1v) is 11.1. The molecule has 1 heterocycles. The SMILES string of the molecule is CCCCc1cc2c(c(N=O)c1C)C1C([C@@H](C)[C@@]1(C)CC)C1(O2)[C@@H](C)C1(F)N=[N+]=[N-].F. The van der Waals surface area contributed by atoms with Gasteiger partial charge >= 0.3 is 0 Å². The zero-order valence-electron chi connectivity index (χ0n) is 19.1. The number of nitrogens with zero attached hydrogens (tertiary/aromatic N) is 4. The average molecular weight is 435 g/mol. The molecule has 0 radical (unpaired) electrons. The normalized spacial score (nSPS) is 39.2. The Bertz CT molecular complexity index is 965. The Labute approximate surface area is 181 Å². The van der Waals surface area contributed by atoms with E-state index in [1.54, 1.807) is 6.92 Å². The van der Waals surface area contributed by atoms with Crippen LogP contribution < -0.4 is 4.74 Å². The number of aryl methyl sites for hydroxylation is 1. The molecular formula is C23H32F2N4O2. The minimum atomic E-state index is -2.07. The van der Waals surface area contributed by atoms with E-state index < -0.39 is 17.3 Å². The van der Waals surface area contributed by atoms with Crippen molar-refractivity contribution in [1.29, 1.82) is 0 Å². The molecular weight excluding hydrogens is 402 g/mol. The number of hydrogen-bond donors (Lipinski definition) is 0. The molecule has 3 aliphatic rings. The smallest absolute Gasteiger partial charge is 0.235 e. The van der Waals surface area contributed by atoms with E-state index in [-0.39, 0.29) is 27.9 Å². The Morgan fingerprint density at radius 3 is 2.55 bits per heavy atom. The molecule has 1 aliphatic heterocycles. The predicted molar refractivity (Wildman–Crippen MR) is 117 cm³/mol. The van der Waals surface area contributed by atoms with Crippen LogP contribution >= 0.6 is 0 Å². The Morgan fingerprint density at radius 2 is 2.00 bits per heavy atom. The molecule has 4 unspecified atom stereocenters. The number of hydrogen-bond acceptors (Lipinski definition) is 4. The molecule has 2 fully saturated rings. The van der Waals surface area contributed by atoms with Crippen molar-refractivity contribution in [1.82, 2.24) is 0 Å². The summed E-state index contributed by atoms with van der Waals surface area (Å²) >= 11 is 0. The molecule has 1 aromatic carbocycles. The van der Waals surface area contributed by atoms with Gasteiger partial charge in [0, 0.05) is 28.2 Å². The van der Waals surface area contributed by atoms with E-state index in [2.05, 4.69) is 42.9 Å². The molecule has 0 N–H and O–H groups in total. The molecule has 0 saturated heterocycles. The number of benzene rings is 1. The standard InChI is InChI=1S/C23H31FN4O2.FH/c1-7-9-10-15-11-16-17(20(26-29)12(15)3)19-18(13(4)21(19,6)8-2)22(30-16)14(5)23(22,24)27-28-25;/h11,13-14,18-19H,7-10H2,1-6H3;1H/t13-,14-,18?,19?,21-,22?,23?;/m1./s1. The molecule has 8 heteroatoms. The van der Waals surface area contributed by atoms with Crippen molar-refractivity contribution in [2.24, 2.45) is 33.5 Å². The quantitative estimate of drug-likeness (QED) is 0.153. The van der Waals surface area contributed by atoms with E-state index in [9.17, 15) is 4.91 Å². The van der Waals surface area contributed by atoms with Crippen LogP contribution in [-0.4, -0.2) is 11.4 Å². The molecule has 1 spiro atoms. The fourth-order valence-electron chi connectivity index (χ4n) is 6.64. The summed E-state index contributed by atoms with van der Waals surface area (Å²) in [6.07, 6.45) is 3.73. The molecule has 0 bridgehead atoms. The second-order valence-corrected chi connectivity index (χ2v) is 9.75. The second-order valence-electron chi connectivity index (χ2n) is 9.75. The molecule has 0 amide bonds. The van der Waals surface area contributed by atoms with E-state index in [0.29, 0.717) is 11.4 Å². The van der Waals surface area contributed by atoms with Crippen LogP contribution in [0.4, 0.5) is 14.8 Å². The van der Waals surface area contributed by atoms with E-state index in [4.69, 9.17) is 10.3 Å². The number of nitroso groups, excluding NO2 is 1. The molecule has 4 rings (SSSR count). The summed E-state index contributed by atoms with van der Waals surface area (Å²) in [6, 6.07) is 1.98. The third kappa shape index (κ3) is 2.57. The summed E-state index contributed by atoms with van der Waals surface area (Å²) in [7, 11) is 0. The lowest BCUT2D eigenvalue weighted by molar-refractivity contribution is -0.150. The maximum Gasteiger partial charge on any atom is 0.235 e. The van der Waals surface area contributed by atoms with Crippen LogP contribution in [0, 0.1) is 35.0 Å². The van der Waals surface area contributed by atoms with Crippen LogP contribution in [0.25, 0.3) is 10.4 Å². The molecule has 2 aliphatic carbocycles. The number of alkyl halides is 1. The van der Waals surface area contributed by atoms with Gasteiger partial charge in [0.05, 0.1) is 0 Å². The van der Waals surface area contributed by atoms with Gasteiger partial charge in [-0.1, -0.05) is 41.0 Å². The maximum atomic E-state index is 15.8. The van der Waals surface area contributed by atoms with E-state index in [1.807, 2.05) is 13.0 Å². The first-order chi connectivity index (χ1) is 14.2. The van der Waals surface area contributed by atoms with Crippen LogP contribution in [0.2, 0.25) is 0 Å². The van der Waals surface area contributed by atoms with Gasteiger partial charge in [0.25, 0.3) is 0 Å². The Morgan fingerprint density at radius 1 is 1.32 bits per heavy atom. The highest BCUT2D eigenvalue weighted by molar-refractivity contribution is 5.67. The number of azide groups is 1. The fraction of sp³-hybridized carbons (Fsp3) is 0.739. The second kappa shape index (κ2) is 7.44.